The first-order valence-electron chi connectivity index (χ1n) is 5.28. The molecule has 1 atom stereocenters. The quantitative estimate of drug-likeness (QED) is 0.755. The van der Waals surface area contributed by atoms with Crippen LogP contribution in [-0.2, 0) is 11.3 Å². The zero-order valence-corrected chi connectivity index (χ0v) is 9.19. The number of ether oxygens (including phenoxy) is 1. The topological polar surface area (TPSA) is 63.2 Å². The highest BCUT2D eigenvalue weighted by Gasteiger charge is 2.20. The zero-order valence-electron chi connectivity index (χ0n) is 9.19. The average molecular weight is 221 g/mol. The number of aromatic nitrogens is 1. The predicted molar refractivity (Wildman–Crippen MR) is 59.0 cm³/mol. The summed E-state index contributed by atoms with van der Waals surface area (Å²) >= 11 is 0. The van der Waals surface area contributed by atoms with Gasteiger partial charge in [0.1, 0.15) is 0 Å². The van der Waals surface area contributed by atoms with Crippen LogP contribution in [0.4, 0.5) is 0 Å². The Morgan fingerprint density at radius 2 is 2.50 bits per heavy atom. The van der Waals surface area contributed by atoms with Gasteiger partial charge in [0.15, 0.2) is 0 Å². The van der Waals surface area contributed by atoms with Gasteiger partial charge in [-0.15, -0.1) is 0 Å². The first-order chi connectivity index (χ1) is 7.78. The number of hydrogen-bond donors (Lipinski definition) is 2. The number of methoxy groups -OCH3 is 1. The van der Waals surface area contributed by atoms with Crippen molar-refractivity contribution in [3.8, 4) is 5.88 Å². The van der Waals surface area contributed by atoms with E-state index in [4.69, 9.17) is 4.74 Å². The van der Waals surface area contributed by atoms with E-state index in [0.29, 0.717) is 25.4 Å². The van der Waals surface area contributed by atoms with Crippen molar-refractivity contribution in [2.24, 2.45) is 0 Å². The van der Waals surface area contributed by atoms with E-state index in [1.165, 1.54) is 0 Å². The van der Waals surface area contributed by atoms with Crippen molar-refractivity contribution >= 4 is 5.91 Å². The second-order valence-corrected chi connectivity index (χ2v) is 3.76. The lowest BCUT2D eigenvalue weighted by Crippen LogP contribution is -2.30. The van der Waals surface area contributed by atoms with Crippen molar-refractivity contribution < 1.29 is 9.53 Å². The lowest BCUT2D eigenvalue weighted by molar-refractivity contribution is -0.119. The Balaban J connectivity index is 1.87. The molecule has 1 aromatic heterocycles. The summed E-state index contributed by atoms with van der Waals surface area (Å²) in [6, 6.07) is 5.85. The van der Waals surface area contributed by atoms with Gasteiger partial charge in [-0.1, -0.05) is 6.07 Å². The minimum absolute atomic E-state index is 0.108. The normalized spacial score (nSPS) is 19.6. The molecule has 2 N–H and O–H groups in total. The third-order valence-electron chi connectivity index (χ3n) is 2.54. The summed E-state index contributed by atoms with van der Waals surface area (Å²) in [5.74, 6) is 0.719. The van der Waals surface area contributed by atoms with Gasteiger partial charge in [0.05, 0.1) is 12.8 Å². The highest BCUT2D eigenvalue weighted by molar-refractivity contribution is 5.78. The Morgan fingerprint density at radius 3 is 3.19 bits per heavy atom. The third kappa shape index (κ3) is 2.70. The van der Waals surface area contributed by atoms with Crippen molar-refractivity contribution in [2.75, 3.05) is 13.7 Å². The third-order valence-corrected chi connectivity index (χ3v) is 2.54. The molecular weight excluding hydrogens is 206 g/mol. The molecule has 0 radical (unpaired) electrons. The second-order valence-electron chi connectivity index (χ2n) is 3.76. The van der Waals surface area contributed by atoms with Gasteiger partial charge in [-0.25, -0.2) is 4.98 Å². The van der Waals surface area contributed by atoms with E-state index in [1.54, 1.807) is 7.11 Å². The van der Waals surface area contributed by atoms with Gasteiger partial charge in [0.25, 0.3) is 0 Å². The molecule has 5 heteroatoms. The molecule has 2 heterocycles. The van der Waals surface area contributed by atoms with Crippen LogP contribution < -0.4 is 15.4 Å². The molecule has 0 aromatic carbocycles. The monoisotopic (exact) mass is 221 g/mol. The molecule has 1 aliphatic rings. The Bertz CT molecular complexity index is 381. The second kappa shape index (κ2) is 4.94. The first-order valence-corrected chi connectivity index (χ1v) is 5.28. The largest absolute Gasteiger partial charge is 0.481 e. The van der Waals surface area contributed by atoms with E-state index >= 15 is 0 Å². The lowest BCUT2D eigenvalue weighted by atomic mass is 10.2. The van der Waals surface area contributed by atoms with Gasteiger partial charge in [0, 0.05) is 31.6 Å². The van der Waals surface area contributed by atoms with E-state index in [-0.39, 0.29) is 11.9 Å². The minimum Gasteiger partial charge on any atom is -0.481 e. The number of rotatable bonds is 4. The van der Waals surface area contributed by atoms with E-state index in [0.717, 1.165) is 5.69 Å². The van der Waals surface area contributed by atoms with Gasteiger partial charge in [-0.05, 0) is 6.07 Å². The van der Waals surface area contributed by atoms with Crippen LogP contribution in [0.3, 0.4) is 0 Å². The number of nitrogens with zero attached hydrogens (tertiary/aromatic N) is 1. The van der Waals surface area contributed by atoms with Gasteiger partial charge in [0.2, 0.25) is 11.8 Å². The molecule has 1 aliphatic heterocycles. The smallest absolute Gasteiger partial charge is 0.221 e. The van der Waals surface area contributed by atoms with Crippen molar-refractivity contribution in [1.29, 1.82) is 0 Å². The maximum atomic E-state index is 11.0. The number of carbonyl (C=O) groups excluding carboxylic acids is 1. The van der Waals surface area contributed by atoms with E-state index in [2.05, 4.69) is 15.6 Å². The van der Waals surface area contributed by atoms with Crippen LogP contribution in [0.25, 0.3) is 0 Å². The van der Waals surface area contributed by atoms with Crippen molar-refractivity contribution in [3.05, 3.63) is 23.9 Å². The summed E-state index contributed by atoms with van der Waals surface area (Å²) in [7, 11) is 1.60. The van der Waals surface area contributed by atoms with Crippen molar-refractivity contribution in [1.82, 2.24) is 15.6 Å². The summed E-state index contributed by atoms with van der Waals surface area (Å²) < 4.78 is 5.04. The predicted octanol–water partition coefficient (Wildman–Crippen LogP) is 0.0683. The van der Waals surface area contributed by atoms with Crippen LogP contribution in [0.1, 0.15) is 12.1 Å². The molecule has 1 fully saturated rings. The molecule has 1 amide bonds. The lowest BCUT2D eigenvalue weighted by Gasteiger charge is -2.09. The molecule has 0 saturated carbocycles. The molecule has 0 spiro atoms. The highest BCUT2D eigenvalue weighted by atomic mass is 16.5. The number of nitrogens with one attached hydrogen (secondary N) is 2. The summed E-state index contributed by atoms with van der Waals surface area (Å²) in [6.45, 7) is 1.35. The molecule has 5 nitrogen and oxygen atoms in total. The number of carbonyl (C=O) groups is 1. The van der Waals surface area contributed by atoms with E-state index in [1.807, 2.05) is 18.2 Å². The van der Waals surface area contributed by atoms with Crippen molar-refractivity contribution in [3.63, 3.8) is 0 Å². The Morgan fingerprint density at radius 1 is 1.62 bits per heavy atom. The van der Waals surface area contributed by atoms with Gasteiger partial charge in [-0.3, -0.25) is 4.79 Å². The van der Waals surface area contributed by atoms with Crippen LogP contribution in [0.5, 0.6) is 5.88 Å². The summed E-state index contributed by atoms with van der Waals surface area (Å²) in [4.78, 5) is 15.3. The molecule has 1 unspecified atom stereocenters. The van der Waals surface area contributed by atoms with Crippen LogP contribution in [-0.4, -0.2) is 30.6 Å². The maximum Gasteiger partial charge on any atom is 0.221 e. The number of amides is 1. The fraction of sp³-hybridized carbons (Fsp3) is 0.455. The molecule has 86 valence electrons. The summed E-state index contributed by atoms with van der Waals surface area (Å²) in [6.07, 6.45) is 0.546. The van der Waals surface area contributed by atoms with E-state index in [9.17, 15) is 4.79 Å². The molecule has 1 saturated heterocycles. The minimum atomic E-state index is 0.108. The Labute approximate surface area is 94.2 Å². The molecule has 0 aliphatic carbocycles. The number of hydrogen-bond acceptors (Lipinski definition) is 4. The highest BCUT2D eigenvalue weighted by Crippen LogP contribution is 2.07. The Kier molecular flexibility index (Phi) is 3.36. The van der Waals surface area contributed by atoms with E-state index < -0.39 is 0 Å². The van der Waals surface area contributed by atoms with Gasteiger partial charge < -0.3 is 15.4 Å². The molecule has 16 heavy (non-hydrogen) atoms. The molecule has 1 aromatic rings. The molecular formula is C11H15N3O2. The average Bonchev–Trinajstić information content (AvgIpc) is 2.73. The summed E-state index contributed by atoms with van der Waals surface area (Å²) in [5, 5.41) is 6.06. The fourth-order valence-corrected chi connectivity index (χ4v) is 1.67. The standard InChI is InChI=1S/C11H15N3O2/c1-16-11-4-2-3-8(14-11)6-12-9-5-10(15)13-7-9/h2-4,9,12H,5-7H2,1H3,(H,13,15). The Hall–Kier alpha value is -1.62. The van der Waals surface area contributed by atoms with Crippen LogP contribution >= 0.6 is 0 Å². The van der Waals surface area contributed by atoms with Crippen LogP contribution in [0.15, 0.2) is 18.2 Å². The van der Waals surface area contributed by atoms with Crippen molar-refractivity contribution in [2.45, 2.75) is 19.0 Å². The fourth-order valence-electron chi connectivity index (χ4n) is 1.67. The summed E-state index contributed by atoms with van der Waals surface area (Å²) in [5.41, 5.74) is 0.915. The van der Waals surface area contributed by atoms with Gasteiger partial charge >= 0.3 is 0 Å². The zero-order chi connectivity index (χ0) is 11.4. The number of pyridine rings is 1. The first kappa shape index (κ1) is 10.9. The van der Waals surface area contributed by atoms with Crippen LogP contribution in [0, 0.1) is 0 Å². The van der Waals surface area contributed by atoms with Gasteiger partial charge in [-0.2, -0.15) is 0 Å². The molecule has 0 bridgehead atoms. The SMILES string of the molecule is COc1cccc(CNC2CNC(=O)C2)n1. The maximum absolute atomic E-state index is 11.0. The molecule has 2 rings (SSSR count). The van der Waals surface area contributed by atoms with Crippen LogP contribution in [0.2, 0.25) is 0 Å².